The van der Waals surface area contributed by atoms with E-state index in [1.807, 2.05) is 11.8 Å². The van der Waals surface area contributed by atoms with E-state index in [2.05, 4.69) is 26.1 Å². The zero-order valence-electron chi connectivity index (χ0n) is 12.8. The monoisotopic (exact) mass is 287 g/mol. The Morgan fingerprint density at radius 2 is 2.11 bits per heavy atom. The molecule has 0 aromatic rings. The first-order chi connectivity index (χ1) is 9.06. The van der Waals surface area contributed by atoms with Crippen LogP contribution in [0.4, 0.5) is 0 Å². The lowest BCUT2D eigenvalue weighted by Crippen LogP contribution is -2.37. The molecule has 0 bridgehead atoms. The third-order valence-corrected chi connectivity index (χ3v) is 5.62. The Bertz CT molecular complexity index is 279. The van der Waals surface area contributed by atoms with Crippen molar-refractivity contribution in [1.82, 2.24) is 5.32 Å². The highest BCUT2D eigenvalue weighted by Crippen LogP contribution is 2.51. The second-order valence-electron chi connectivity index (χ2n) is 5.82. The first-order valence-electron chi connectivity index (χ1n) is 7.45. The molecule has 19 heavy (non-hydrogen) atoms. The van der Waals surface area contributed by atoms with Gasteiger partial charge < -0.3 is 10.1 Å². The van der Waals surface area contributed by atoms with Crippen LogP contribution in [0.3, 0.4) is 0 Å². The molecule has 1 aliphatic carbocycles. The zero-order valence-corrected chi connectivity index (χ0v) is 13.6. The number of hydrogen-bond donors (Lipinski definition) is 1. The van der Waals surface area contributed by atoms with Crippen LogP contribution in [0.15, 0.2) is 0 Å². The fourth-order valence-electron chi connectivity index (χ4n) is 2.30. The number of methoxy groups -OCH3 is 1. The molecule has 0 aromatic heterocycles. The van der Waals surface area contributed by atoms with Crippen molar-refractivity contribution in [2.75, 3.05) is 25.2 Å². The third-order valence-electron chi connectivity index (χ3n) is 4.21. The summed E-state index contributed by atoms with van der Waals surface area (Å²) < 4.78 is 4.79. The van der Waals surface area contributed by atoms with Gasteiger partial charge in [-0.3, -0.25) is 4.79 Å². The molecule has 4 heteroatoms. The molecule has 112 valence electrons. The second-order valence-corrected chi connectivity index (χ2v) is 6.85. The lowest BCUT2D eigenvalue weighted by Gasteiger charge is -2.24. The van der Waals surface area contributed by atoms with E-state index < -0.39 is 0 Å². The number of thioether (sulfide) groups is 1. The number of carbonyl (C=O) groups is 1. The van der Waals surface area contributed by atoms with E-state index in [1.165, 1.54) is 26.4 Å². The van der Waals surface area contributed by atoms with Crippen LogP contribution in [0.2, 0.25) is 0 Å². The van der Waals surface area contributed by atoms with Crippen LogP contribution in [0, 0.1) is 11.3 Å². The molecule has 3 nitrogen and oxygen atoms in total. The minimum Gasteiger partial charge on any atom is -0.469 e. The summed E-state index contributed by atoms with van der Waals surface area (Å²) in [4.78, 5) is 11.4. The fourth-order valence-corrected chi connectivity index (χ4v) is 3.94. The van der Waals surface area contributed by atoms with Crippen LogP contribution < -0.4 is 5.32 Å². The fraction of sp³-hybridized carbons (Fsp3) is 0.933. The first-order valence-corrected chi connectivity index (χ1v) is 8.60. The summed E-state index contributed by atoms with van der Waals surface area (Å²) >= 11 is 2.00. The molecule has 1 aliphatic rings. The number of nitrogens with one attached hydrogen (secondary N) is 1. The maximum Gasteiger partial charge on any atom is 0.306 e. The number of carbonyl (C=O) groups excluding carboxylic acids is 1. The Labute approximate surface area is 122 Å². The van der Waals surface area contributed by atoms with Gasteiger partial charge in [0.05, 0.1) is 13.5 Å². The summed E-state index contributed by atoms with van der Waals surface area (Å²) in [6.45, 7) is 7.76. The molecule has 0 amide bonds. The van der Waals surface area contributed by atoms with Crippen molar-refractivity contribution in [3.8, 4) is 0 Å². The van der Waals surface area contributed by atoms with Gasteiger partial charge in [0.1, 0.15) is 0 Å². The van der Waals surface area contributed by atoms with Gasteiger partial charge in [-0.2, -0.15) is 11.8 Å². The average molecular weight is 287 g/mol. The minimum atomic E-state index is -0.0525. The molecule has 1 N–H and O–H groups in total. The number of rotatable bonds is 10. The van der Waals surface area contributed by atoms with E-state index in [-0.39, 0.29) is 11.4 Å². The van der Waals surface area contributed by atoms with Crippen LogP contribution in [0.1, 0.15) is 46.5 Å². The molecule has 0 aromatic carbocycles. The highest BCUT2D eigenvalue weighted by molar-refractivity contribution is 7.99. The third kappa shape index (κ3) is 5.74. The molecule has 1 fully saturated rings. The molecule has 2 unspecified atom stereocenters. The van der Waals surface area contributed by atoms with Gasteiger partial charge >= 0.3 is 5.97 Å². The summed E-state index contributed by atoms with van der Waals surface area (Å²) in [5, 5.41) is 3.58. The van der Waals surface area contributed by atoms with Gasteiger partial charge in [0.2, 0.25) is 0 Å². The summed E-state index contributed by atoms with van der Waals surface area (Å²) in [7, 11) is 1.48. The highest BCUT2D eigenvalue weighted by atomic mass is 32.2. The van der Waals surface area contributed by atoms with E-state index >= 15 is 0 Å². The van der Waals surface area contributed by atoms with E-state index in [0.717, 1.165) is 18.1 Å². The van der Waals surface area contributed by atoms with Crippen molar-refractivity contribution in [2.24, 2.45) is 11.3 Å². The Hall–Kier alpha value is -0.220. The summed E-state index contributed by atoms with van der Waals surface area (Å²) in [5.74, 6) is 2.90. The van der Waals surface area contributed by atoms with Crippen LogP contribution >= 0.6 is 11.8 Å². The van der Waals surface area contributed by atoms with Gasteiger partial charge in [-0.15, -0.1) is 0 Å². The largest absolute Gasteiger partial charge is 0.469 e. The quantitative estimate of drug-likeness (QED) is 0.627. The number of ether oxygens (including phenoxy) is 1. The van der Waals surface area contributed by atoms with Crippen molar-refractivity contribution in [2.45, 2.75) is 52.5 Å². The molecule has 1 rings (SSSR count). The van der Waals surface area contributed by atoms with E-state index in [0.29, 0.717) is 18.4 Å². The Kier molecular flexibility index (Phi) is 7.22. The minimum absolute atomic E-state index is 0.0525. The van der Waals surface area contributed by atoms with Crippen molar-refractivity contribution in [3.05, 3.63) is 0 Å². The van der Waals surface area contributed by atoms with Crippen LogP contribution in [-0.4, -0.2) is 37.2 Å². The average Bonchev–Trinajstić information content (AvgIpc) is 3.16. The maximum absolute atomic E-state index is 11.4. The molecule has 0 heterocycles. The van der Waals surface area contributed by atoms with Gasteiger partial charge in [0.15, 0.2) is 0 Å². The maximum atomic E-state index is 11.4. The first kappa shape index (κ1) is 16.8. The standard InChI is InChI=1S/C15H29NO2S/c1-5-12(3)13(16-6-2)10-19-11-15(7-8-15)9-14(17)18-4/h12-13,16H,5-11H2,1-4H3. The van der Waals surface area contributed by atoms with Crippen molar-refractivity contribution >= 4 is 17.7 Å². The van der Waals surface area contributed by atoms with Crippen LogP contribution in [0.25, 0.3) is 0 Å². The summed E-state index contributed by atoms with van der Waals surface area (Å²) in [5.41, 5.74) is 0.254. The summed E-state index contributed by atoms with van der Waals surface area (Å²) in [6, 6.07) is 0.592. The topological polar surface area (TPSA) is 38.3 Å². The van der Waals surface area contributed by atoms with Crippen molar-refractivity contribution < 1.29 is 9.53 Å². The van der Waals surface area contributed by atoms with E-state index in [9.17, 15) is 4.79 Å². The molecular weight excluding hydrogens is 258 g/mol. The van der Waals surface area contributed by atoms with Gasteiger partial charge in [-0.1, -0.05) is 27.2 Å². The van der Waals surface area contributed by atoms with Crippen LogP contribution in [-0.2, 0) is 9.53 Å². The van der Waals surface area contributed by atoms with E-state index in [4.69, 9.17) is 4.74 Å². The smallest absolute Gasteiger partial charge is 0.306 e. The number of hydrogen-bond acceptors (Lipinski definition) is 4. The van der Waals surface area contributed by atoms with Gasteiger partial charge in [-0.05, 0) is 36.5 Å². The highest BCUT2D eigenvalue weighted by Gasteiger charge is 2.44. The molecule has 0 aliphatic heterocycles. The lowest BCUT2D eigenvalue weighted by molar-refractivity contribution is -0.141. The van der Waals surface area contributed by atoms with Crippen LogP contribution in [0.5, 0.6) is 0 Å². The molecule has 1 saturated carbocycles. The van der Waals surface area contributed by atoms with Crippen molar-refractivity contribution in [3.63, 3.8) is 0 Å². The van der Waals surface area contributed by atoms with Gasteiger partial charge in [-0.25, -0.2) is 0 Å². The normalized spacial score (nSPS) is 19.8. The number of esters is 1. The molecule has 0 spiro atoms. The van der Waals surface area contributed by atoms with Gasteiger partial charge in [0.25, 0.3) is 0 Å². The molecule has 2 atom stereocenters. The molecule has 0 saturated heterocycles. The summed E-state index contributed by atoms with van der Waals surface area (Å²) in [6.07, 6.45) is 4.19. The Morgan fingerprint density at radius 1 is 1.42 bits per heavy atom. The molecule has 0 radical (unpaired) electrons. The van der Waals surface area contributed by atoms with Gasteiger partial charge in [0, 0.05) is 11.8 Å². The second kappa shape index (κ2) is 8.15. The zero-order chi connectivity index (χ0) is 14.3. The molecular formula is C15H29NO2S. The Balaban J connectivity index is 2.29. The Morgan fingerprint density at radius 3 is 2.58 bits per heavy atom. The SMILES string of the molecule is CCNC(CSCC1(CC(=O)OC)CC1)C(C)CC. The van der Waals surface area contributed by atoms with E-state index in [1.54, 1.807) is 0 Å². The predicted molar refractivity (Wildman–Crippen MR) is 82.5 cm³/mol. The lowest BCUT2D eigenvalue weighted by atomic mass is 10.0. The predicted octanol–water partition coefficient (Wildman–Crippen LogP) is 3.09. The van der Waals surface area contributed by atoms with Crippen molar-refractivity contribution in [1.29, 1.82) is 0 Å².